The average molecular weight is 526 g/mol. The molecule has 2 rings (SSSR count). The van der Waals surface area contributed by atoms with Gasteiger partial charge in [0.25, 0.3) is 0 Å². The number of hydrogen-bond donors (Lipinski definition) is 0. The summed E-state index contributed by atoms with van der Waals surface area (Å²) < 4.78 is 12.0. The predicted octanol–water partition coefficient (Wildman–Crippen LogP) is 3.45. The van der Waals surface area contributed by atoms with Crippen LogP contribution in [0, 0.1) is 0 Å². The topological polar surface area (TPSA) is 52.6 Å². The molecule has 0 aromatic heterocycles. The first kappa shape index (κ1) is 18.0. The molecule has 2 unspecified atom stereocenters. The van der Waals surface area contributed by atoms with Gasteiger partial charge in [-0.1, -0.05) is 0 Å². The predicted molar refractivity (Wildman–Crippen MR) is 101 cm³/mol. The maximum Gasteiger partial charge on any atom is 0.199 e. The van der Waals surface area contributed by atoms with Crippen LogP contribution in [-0.2, 0) is 19.1 Å². The van der Waals surface area contributed by atoms with Crippen LogP contribution in [-0.4, -0.2) is 37.0 Å². The smallest absolute Gasteiger partial charge is 0.199 e. The number of Topliss-reactive ketones (excluding diaryl/α,β-unsaturated/α-hetero) is 2. The summed E-state index contributed by atoms with van der Waals surface area (Å²) in [6.45, 7) is 3.70. The molecular formula is C16H16I2O4. The molecule has 118 valence electrons. The molecule has 0 saturated carbocycles. The molecule has 0 spiro atoms. The number of hydrogen-bond acceptors (Lipinski definition) is 4. The number of methoxy groups -OCH3 is 2. The Balaban J connectivity index is 2.59. The fourth-order valence-corrected chi connectivity index (χ4v) is 4.13. The largest absolute Gasteiger partial charge is 0.370 e. The number of ketones is 2. The van der Waals surface area contributed by atoms with Crippen molar-refractivity contribution in [3.05, 3.63) is 42.6 Å². The minimum Gasteiger partial charge on any atom is -0.370 e. The van der Waals surface area contributed by atoms with E-state index in [2.05, 4.69) is 0 Å². The zero-order valence-electron chi connectivity index (χ0n) is 12.7. The van der Waals surface area contributed by atoms with Crippen molar-refractivity contribution in [3.8, 4) is 0 Å². The fraction of sp³-hybridized carbons (Fsp3) is 0.375. The van der Waals surface area contributed by atoms with Crippen LogP contribution in [0.4, 0.5) is 0 Å². The van der Waals surface area contributed by atoms with Crippen molar-refractivity contribution in [1.82, 2.24) is 0 Å². The Morgan fingerprint density at radius 1 is 0.773 bits per heavy atom. The van der Waals surface area contributed by atoms with E-state index in [1.165, 1.54) is 0 Å². The molecular weight excluding hydrogens is 510 g/mol. The number of carbonyl (C=O) groups is 2. The van der Waals surface area contributed by atoms with E-state index in [1.54, 1.807) is 38.5 Å². The summed E-state index contributed by atoms with van der Waals surface area (Å²) in [5.74, 6) is -0.335. The molecule has 0 bridgehead atoms. The van der Waals surface area contributed by atoms with Gasteiger partial charge >= 0.3 is 0 Å². The monoisotopic (exact) mass is 526 g/mol. The lowest BCUT2D eigenvalue weighted by molar-refractivity contribution is -0.114. The van der Waals surface area contributed by atoms with Gasteiger partial charge in [0.15, 0.2) is 11.6 Å². The Morgan fingerprint density at radius 2 is 1.09 bits per heavy atom. The van der Waals surface area contributed by atoms with Crippen molar-refractivity contribution in [1.29, 1.82) is 0 Å². The Bertz CT molecular complexity index is 614. The maximum atomic E-state index is 12.5. The number of ether oxygens (including phenoxy) is 2. The van der Waals surface area contributed by atoms with Crippen LogP contribution in [0.25, 0.3) is 0 Å². The molecule has 0 radical (unpaired) electrons. The van der Waals surface area contributed by atoms with Gasteiger partial charge in [-0.2, -0.15) is 0 Å². The molecule has 6 heteroatoms. The van der Waals surface area contributed by atoms with Crippen molar-refractivity contribution in [2.45, 2.75) is 25.0 Å². The third-order valence-electron chi connectivity index (χ3n) is 3.78. The number of allylic oxidation sites excluding steroid dienone is 4. The Hall–Kier alpha value is -0.320. The number of carbonyl (C=O) groups excluding carboxylic acids is 2. The quantitative estimate of drug-likeness (QED) is 0.530. The molecule has 2 aliphatic rings. The van der Waals surface area contributed by atoms with Crippen LogP contribution < -0.4 is 0 Å². The second kappa shape index (κ2) is 6.29. The lowest BCUT2D eigenvalue weighted by Gasteiger charge is -2.30. The van der Waals surface area contributed by atoms with Crippen molar-refractivity contribution in [2.24, 2.45) is 0 Å². The highest BCUT2D eigenvalue weighted by molar-refractivity contribution is 14.1. The maximum absolute atomic E-state index is 12.5. The van der Waals surface area contributed by atoms with E-state index in [0.29, 0.717) is 18.3 Å². The minimum absolute atomic E-state index is 0.167. The van der Waals surface area contributed by atoms with E-state index in [0.717, 1.165) is 0 Å². The molecule has 0 N–H and O–H groups in total. The highest BCUT2D eigenvalue weighted by atomic mass is 127. The molecule has 0 aromatic rings. The molecule has 0 fully saturated rings. The van der Waals surface area contributed by atoms with Gasteiger partial charge < -0.3 is 9.47 Å². The Labute approximate surface area is 157 Å². The summed E-state index contributed by atoms with van der Waals surface area (Å²) in [6.07, 6.45) is 6.91. The first-order valence-corrected chi connectivity index (χ1v) is 8.73. The van der Waals surface area contributed by atoms with Crippen LogP contribution in [0.2, 0.25) is 0 Å². The first-order valence-electron chi connectivity index (χ1n) is 6.57. The van der Waals surface area contributed by atoms with Gasteiger partial charge in [-0.25, -0.2) is 0 Å². The minimum atomic E-state index is -0.711. The molecule has 0 amide bonds. The zero-order valence-corrected chi connectivity index (χ0v) is 17.0. The second-order valence-electron chi connectivity index (χ2n) is 5.53. The van der Waals surface area contributed by atoms with E-state index >= 15 is 0 Å². The van der Waals surface area contributed by atoms with E-state index in [9.17, 15) is 9.59 Å². The van der Waals surface area contributed by atoms with Gasteiger partial charge in [-0.05, 0) is 83.3 Å². The number of rotatable bonds is 3. The summed E-state index contributed by atoms with van der Waals surface area (Å²) in [6, 6.07) is 0. The summed E-state index contributed by atoms with van der Waals surface area (Å²) >= 11 is 3.96. The van der Waals surface area contributed by atoms with Crippen molar-refractivity contribution < 1.29 is 19.1 Å². The molecule has 2 atom stereocenters. The lowest BCUT2D eigenvalue weighted by atomic mass is 9.83. The van der Waals surface area contributed by atoms with Gasteiger partial charge in [-0.3, -0.25) is 9.59 Å². The van der Waals surface area contributed by atoms with E-state index in [1.807, 2.05) is 59.0 Å². The summed E-state index contributed by atoms with van der Waals surface area (Å²) in [5.41, 5.74) is -0.688. The fourth-order valence-electron chi connectivity index (χ4n) is 2.32. The Kier molecular flexibility index (Phi) is 5.15. The molecule has 0 heterocycles. The Morgan fingerprint density at radius 3 is 1.36 bits per heavy atom. The third-order valence-corrected chi connectivity index (χ3v) is 5.38. The van der Waals surface area contributed by atoms with Crippen LogP contribution in [0.1, 0.15) is 13.8 Å². The summed E-state index contributed by atoms with van der Waals surface area (Å²) in [5, 5.41) is 0. The van der Waals surface area contributed by atoms with Crippen LogP contribution in [0.15, 0.2) is 42.6 Å². The van der Waals surface area contributed by atoms with Crippen LogP contribution >= 0.6 is 45.2 Å². The zero-order chi connectivity index (χ0) is 16.7. The van der Waals surface area contributed by atoms with Crippen LogP contribution in [0.3, 0.4) is 0 Å². The van der Waals surface area contributed by atoms with Gasteiger partial charge in [0, 0.05) is 25.4 Å². The average Bonchev–Trinajstić information content (AvgIpc) is 2.47. The van der Waals surface area contributed by atoms with Gasteiger partial charge in [0.2, 0.25) is 0 Å². The van der Waals surface area contributed by atoms with E-state index in [4.69, 9.17) is 9.47 Å². The standard InChI is InChI=1S/C16H16I2O4/c1-15(21-3)5-9(13(19)11(17)7-15)10-6-16(2,22-4)8-12(18)14(10)20/h5-8H,1-4H3. The SMILES string of the molecule is COC1(C)C=C(I)C(=O)C(C2=CC(C)(OC)C=C(I)C2=O)=C1. The van der Waals surface area contributed by atoms with E-state index < -0.39 is 11.2 Å². The molecule has 22 heavy (non-hydrogen) atoms. The van der Waals surface area contributed by atoms with Crippen molar-refractivity contribution in [3.63, 3.8) is 0 Å². The van der Waals surface area contributed by atoms with E-state index in [-0.39, 0.29) is 11.6 Å². The third kappa shape index (κ3) is 3.29. The highest BCUT2D eigenvalue weighted by Crippen LogP contribution is 2.37. The van der Waals surface area contributed by atoms with Crippen LogP contribution in [0.5, 0.6) is 0 Å². The first-order chi connectivity index (χ1) is 10.1. The molecule has 4 nitrogen and oxygen atoms in total. The normalized spacial score (nSPS) is 32.3. The highest BCUT2D eigenvalue weighted by Gasteiger charge is 2.37. The van der Waals surface area contributed by atoms with Crippen molar-refractivity contribution in [2.75, 3.05) is 14.2 Å². The van der Waals surface area contributed by atoms with Gasteiger partial charge in [0.05, 0.1) is 7.16 Å². The second-order valence-corrected chi connectivity index (χ2v) is 7.86. The molecule has 0 saturated heterocycles. The summed E-state index contributed by atoms with van der Waals surface area (Å²) in [4.78, 5) is 25.0. The van der Waals surface area contributed by atoms with Gasteiger partial charge in [0.1, 0.15) is 11.2 Å². The number of halogens is 2. The lowest BCUT2D eigenvalue weighted by Crippen LogP contribution is -2.33. The summed E-state index contributed by atoms with van der Waals surface area (Å²) in [7, 11) is 3.15. The van der Waals surface area contributed by atoms with Crippen molar-refractivity contribution >= 4 is 56.7 Å². The van der Waals surface area contributed by atoms with Gasteiger partial charge in [-0.15, -0.1) is 0 Å². The molecule has 0 aromatic carbocycles. The molecule has 2 aliphatic carbocycles. The molecule has 0 aliphatic heterocycles.